The van der Waals surface area contributed by atoms with Gasteiger partial charge in [-0.3, -0.25) is 5.10 Å². The molecule has 1 aliphatic rings. The number of fused-ring (bicyclic) bond motifs is 1. The van der Waals surface area contributed by atoms with Gasteiger partial charge in [0.25, 0.3) is 0 Å². The molecule has 4 heteroatoms. The van der Waals surface area contributed by atoms with E-state index in [2.05, 4.69) is 39.0 Å². The van der Waals surface area contributed by atoms with Crippen LogP contribution in [0.15, 0.2) is 18.2 Å². The van der Waals surface area contributed by atoms with Crippen molar-refractivity contribution in [2.45, 2.75) is 33.2 Å². The normalized spacial score (nSPS) is 13.8. The maximum absolute atomic E-state index is 4.21. The molecule has 0 unspecified atom stereocenters. The molecule has 19 heavy (non-hydrogen) atoms. The van der Waals surface area contributed by atoms with Crippen molar-refractivity contribution in [3.63, 3.8) is 0 Å². The van der Waals surface area contributed by atoms with E-state index in [0.717, 1.165) is 30.2 Å². The molecule has 0 spiro atoms. The van der Waals surface area contributed by atoms with E-state index in [4.69, 9.17) is 0 Å². The van der Waals surface area contributed by atoms with Gasteiger partial charge in [-0.15, -0.1) is 0 Å². The van der Waals surface area contributed by atoms with Crippen molar-refractivity contribution in [3.8, 4) is 0 Å². The molecule has 1 aromatic carbocycles. The van der Waals surface area contributed by atoms with Crippen molar-refractivity contribution < 1.29 is 0 Å². The number of benzene rings is 1. The monoisotopic (exact) mass is 256 g/mol. The molecule has 3 N–H and O–H groups in total. The number of nitrogens with one attached hydrogen (secondary N) is 3. The minimum Gasteiger partial charge on any atom is -0.385 e. The van der Waals surface area contributed by atoms with Gasteiger partial charge in [0.15, 0.2) is 0 Å². The molecule has 0 fully saturated rings. The number of hydrogen-bond donors (Lipinski definition) is 3. The quantitative estimate of drug-likeness (QED) is 0.791. The molecule has 4 nitrogen and oxygen atoms in total. The van der Waals surface area contributed by atoms with Crippen LogP contribution in [0.3, 0.4) is 0 Å². The lowest BCUT2D eigenvalue weighted by Gasteiger charge is -2.21. The fourth-order valence-corrected chi connectivity index (χ4v) is 2.72. The number of rotatable bonds is 3. The van der Waals surface area contributed by atoms with Gasteiger partial charge in [-0.05, 0) is 37.8 Å². The molecule has 2 heterocycles. The van der Waals surface area contributed by atoms with Gasteiger partial charge in [-0.25, -0.2) is 0 Å². The smallest absolute Gasteiger partial charge is 0.0825 e. The Bertz CT molecular complexity index is 566. The highest BCUT2D eigenvalue weighted by Gasteiger charge is 2.13. The fraction of sp³-hybridized carbons (Fsp3) is 0.400. The van der Waals surface area contributed by atoms with Crippen LogP contribution in [0.2, 0.25) is 0 Å². The Morgan fingerprint density at radius 3 is 3.00 bits per heavy atom. The van der Waals surface area contributed by atoms with Gasteiger partial charge < -0.3 is 10.6 Å². The first-order valence-corrected chi connectivity index (χ1v) is 6.86. The van der Waals surface area contributed by atoms with Crippen molar-refractivity contribution in [2.75, 3.05) is 17.2 Å². The lowest BCUT2D eigenvalue weighted by molar-refractivity contribution is 0.825. The summed E-state index contributed by atoms with van der Waals surface area (Å²) in [6.45, 7) is 5.97. The minimum atomic E-state index is 0.831. The van der Waals surface area contributed by atoms with E-state index in [1.165, 1.54) is 29.7 Å². The predicted octanol–water partition coefficient (Wildman–Crippen LogP) is 3.00. The fourth-order valence-electron chi connectivity index (χ4n) is 2.72. The summed E-state index contributed by atoms with van der Waals surface area (Å²) in [5, 5.41) is 14.2. The number of aromatic nitrogens is 2. The first kappa shape index (κ1) is 12.1. The summed E-state index contributed by atoms with van der Waals surface area (Å²) in [5.74, 6) is 0. The van der Waals surface area contributed by atoms with E-state index in [1.54, 1.807) is 0 Å². The summed E-state index contributed by atoms with van der Waals surface area (Å²) >= 11 is 0. The Hall–Kier alpha value is -1.97. The zero-order valence-electron chi connectivity index (χ0n) is 11.5. The third kappa shape index (κ3) is 2.30. The van der Waals surface area contributed by atoms with Crippen molar-refractivity contribution in [1.82, 2.24) is 10.2 Å². The molecule has 0 atom stereocenters. The molecule has 0 saturated carbocycles. The summed E-state index contributed by atoms with van der Waals surface area (Å²) in [5.41, 5.74) is 7.32. The molecule has 0 amide bonds. The molecule has 0 radical (unpaired) electrons. The second-order valence-corrected chi connectivity index (χ2v) is 5.14. The predicted molar refractivity (Wildman–Crippen MR) is 78.6 cm³/mol. The van der Waals surface area contributed by atoms with E-state index < -0.39 is 0 Å². The van der Waals surface area contributed by atoms with Crippen LogP contribution in [-0.2, 0) is 13.0 Å². The van der Waals surface area contributed by atoms with Gasteiger partial charge in [0, 0.05) is 18.8 Å². The molecule has 0 bridgehead atoms. The Morgan fingerprint density at radius 2 is 2.21 bits per heavy atom. The molecule has 3 rings (SSSR count). The molecule has 1 aliphatic heterocycles. The molecule has 0 aliphatic carbocycles. The number of hydrogen-bond acceptors (Lipinski definition) is 3. The third-order valence-corrected chi connectivity index (χ3v) is 3.75. The largest absolute Gasteiger partial charge is 0.385 e. The molecule has 0 saturated heterocycles. The third-order valence-electron chi connectivity index (χ3n) is 3.75. The number of anilines is 2. The summed E-state index contributed by atoms with van der Waals surface area (Å²) in [6, 6.07) is 6.56. The summed E-state index contributed by atoms with van der Waals surface area (Å²) in [6.07, 6.45) is 2.41. The first-order chi connectivity index (χ1) is 9.25. The van der Waals surface area contributed by atoms with Crippen LogP contribution in [0.1, 0.15) is 28.9 Å². The van der Waals surface area contributed by atoms with Gasteiger partial charge in [-0.2, -0.15) is 5.10 Å². The second kappa shape index (κ2) is 4.96. The van der Waals surface area contributed by atoms with Crippen LogP contribution in [0.4, 0.5) is 11.4 Å². The highest BCUT2D eigenvalue weighted by atomic mass is 15.1. The van der Waals surface area contributed by atoms with Crippen LogP contribution >= 0.6 is 0 Å². The Labute approximate surface area is 113 Å². The van der Waals surface area contributed by atoms with E-state index in [1.807, 2.05) is 13.8 Å². The maximum atomic E-state index is 4.21. The second-order valence-electron chi connectivity index (χ2n) is 5.14. The van der Waals surface area contributed by atoms with Crippen molar-refractivity contribution in [2.24, 2.45) is 0 Å². The number of aryl methyl sites for hydroxylation is 3. The average Bonchev–Trinajstić information content (AvgIpc) is 2.76. The maximum Gasteiger partial charge on any atom is 0.0825 e. The van der Waals surface area contributed by atoms with E-state index in [9.17, 15) is 0 Å². The summed E-state index contributed by atoms with van der Waals surface area (Å²) in [4.78, 5) is 0. The molecular weight excluding hydrogens is 236 g/mol. The Morgan fingerprint density at radius 1 is 1.32 bits per heavy atom. The summed E-state index contributed by atoms with van der Waals surface area (Å²) < 4.78 is 0. The summed E-state index contributed by atoms with van der Waals surface area (Å²) in [7, 11) is 0. The number of aromatic amines is 1. The van der Waals surface area contributed by atoms with Gasteiger partial charge in [-0.1, -0.05) is 18.2 Å². The van der Waals surface area contributed by atoms with Gasteiger partial charge >= 0.3 is 0 Å². The Balaban J connectivity index is 1.81. The van der Waals surface area contributed by atoms with Crippen LogP contribution in [0, 0.1) is 13.8 Å². The van der Waals surface area contributed by atoms with Crippen LogP contribution in [0.25, 0.3) is 0 Å². The van der Waals surface area contributed by atoms with E-state index >= 15 is 0 Å². The van der Waals surface area contributed by atoms with Gasteiger partial charge in [0.1, 0.15) is 0 Å². The molecule has 2 aromatic rings. The topological polar surface area (TPSA) is 52.7 Å². The van der Waals surface area contributed by atoms with Crippen LogP contribution < -0.4 is 10.6 Å². The zero-order chi connectivity index (χ0) is 13.2. The molecular formula is C15H20N4. The average molecular weight is 256 g/mol. The minimum absolute atomic E-state index is 0.831. The first-order valence-electron chi connectivity index (χ1n) is 6.86. The van der Waals surface area contributed by atoms with Crippen molar-refractivity contribution in [1.29, 1.82) is 0 Å². The van der Waals surface area contributed by atoms with Crippen LogP contribution in [-0.4, -0.2) is 16.7 Å². The van der Waals surface area contributed by atoms with Gasteiger partial charge in [0.05, 0.1) is 17.1 Å². The number of para-hydroxylation sites is 1. The van der Waals surface area contributed by atoms with Gasteiger partial charge in [0.2, 0.25) is 0 Å². The Kier molecular flexibility index (Phi) is 3.15. The number of H-pyrrole nitrogens is 1. The molecule has 100 valence electrons. The van der Waals surface area contributed by atoms with Crippen molar-refractivity contribution >= 4 is 11.4 Å². The van der Waals surface area contributed by atoms with Crippen LogP contribution in [0.5, 0.6) is 0 Å². The molecule has 1 aromatic heterocycles. The lowest BCUT2D eigenvalue weighted by Crippen LogP contribution is -2.15. The lowest BCUT2D eigenvalue weighted by atomic mass is 9.99. The zero-order valence-corrected chi connectivity index (χ0v) is 11.5. The van der Waals surface area contributed by atoms with E-state index in [0.29, 0.717) is 0 Å². The van der Waals surface area contributed by atoms with Crippen molar-refractivity contribution in [3.05, 3.63) is 40.7 Å². The standard InChI is InChI=1S/C15H20N4/c1-10-14(11(2)19-18-10)17-9-13-6-3-5-12-7-4-8-16-15(12)13/h3,5-6,16-17H,4,7-9H2,1-2H3,(H,18,19). The number of nitrogens with zero attached hydrogens (tertiary/aromatic N) is 1. The van der Waals surface area contributed by atoms with E-state index in [-0.39, 0.29) is 0 Å². The SMILES string of the molecule is Cc1n[nH]c(C)c1NCc1cccc2c1NCCC2. The highest BCUT2D eigenvalue weighted by Crippen LogP contribution is 2.27. The highest BCUT2D eigenvalue weighted by molar-refractivity contribution is 5.61.